The van der Waals surface area contributed by atoms with E-state index in [0.29, 0.717) is 32.8 Å². The number of aromatic nitrogens is 1. The summed E-state index contributed by atoms with van der Waals surface area (Å²) in [7, 11) is 0. The van der Waals surface area contributed by atoms with Crippen LogP contribution in [0.25, 0.3) is 22.2 Å². The van der Waals surface area contributed by atoms with E-state index in [9.17, 15) is 9.59 Å². The zero-order chi connectivity index (χ0) is 20.4. The third-order valence-corrected chi connectivity index (χ3v) is 4.78. The lowest BCUT2D eigenvalue weighted by atomic mass is 10.1. The first-order valence-electron chi connectivity index (χ1n) is 8.98. The van der Waals surface area contributed by atoms with Crippen LogP contribution >= 0.6 is 11.6 Å². The molecule has 0 spiro atoms. The fourth-order valence-electron chi connectivity index (χ4n) is 3.00. The van der Waals surface area contributed by atoms with Crippen LogP contribution in [0.1, 0.15) is 27.6 Å². The minimum Gasteiger partial charge on any atom is -0.451 e. The van der Waals surface area contributed by atoms with Crippen molar-refractivity contribution in [3.05, 3.63) is 88.9 Å². The first-order chi connectivity index (χ1) is 14.0. The van der Waals surface area contributed by atoms with Crippen molar-refractivity contribution in [2.45, 2.75) is 13.0 Å². The molecular formula is C23H16ClNO4. The Hall–Kier alpha value is -3.44. The second kappa shape index (κ2) is 7.89. The number of carbonyl (C=O) groups is 2. The number of hydrogen-bond donors (Lipinski definition) is 0. The van der Waals surface area contributed by atoms with E-state index in [4.69, 9.17) is 20.9 Å². The number of ketones is 1. The molecule has 1 aromatic heterocycles. The smallest absolute Gasteiger partial charge is 0.338 e. The van der Waals surface area contributed by atoms with E-state index >= 15 is 0 Å². The highest BCUT2D eigenvalue weighted by Crippen LogP contribution is 2.29. The molecule has 0 N–H and O–H groups in total. The summed E-state index contributed by atoms with van der Waals surface area (Å²) in [5.41, 5.74) is 2.22. The number of halogens is 1. The third kappa shape index (κ3) is 3.91. The van der Waals surface area contributed by atoms with Gasteiger partial charge in [-0.15, -0.1) is 0 Å². The molecule has 0 aliphatic rings. The zero-order valence-corrected chi connectivity index (χ0v) is 16.2. The summed E-state index contributed by atoms with van der Waals surface area (Å²) < 4.78 is 10.8. The average Bonchev–Trinajstić information content (AvgIpc) is 3.17. The van der Waals surface area contributed by atoms with Crippen LogP contribution in [0, 0.1) is 0 Å². The van der Waals surface area contributed by atoms with Crippen LogP contribution in [0.5, 0.6) is 0 Å². The molecule has 6 heteroatoms. The maximum atomic E-state index is 12.6. The van der Waals surface area contributed by atoms with Crippen LogP contribution in [-0.2, 0) is 4.74 Å². The summed E-state index contributed by atoms with van der Waals surface area (Å²) in [4.78, 5) is 25.1. The number of carbonyl (C=O) groups excluding carboxylic acids is 2. The molecule has 1 heterocycles. The fourth-order valence-corrected chi connectivity index (χ4v) is 3.12. The van der Waals surface area contributed by atoms with Crippen LogP contribution in [0.4, 0.5) is 0 Å². The van der Waals surface area contributed by atoms with Crippen LogP contribution in [0.3, 0.4) is 0 Å². The topological polar surface area (TPSA) is 69.4 Å². The quantitative estimate of drug-likeness (QED) is 0.320. The van der Waals surface area contributed by atoms with Gasteiger partial charge in [0.2, 0.25) is 5.78 Å². The first kappa shape index (κ1) is 18.9. The maximum absolute atomic E-state index is 12.6. The molecule has 4 rings (SSSR count). The summed E-state index contributed by atoms with van der Waals surface area (Å²) in [5.74, 6) is -0.325. The van der Waals surface area contributed by atoms with Gasteiger partial charge in [0.1, 0.15) is 5.52 Å². The number of benzene rings is 3. The van der Waals surface area contributed by atoms with Gasteiger partial charge in [-0.1, -0.05) is 47.1 Å². The first-order valence-corrected chi connectivity index (χ1v) is 9.36. The van der Waals surface area contributed by atoms with E-state index in [2.05, 4.69) is 5.16 Å². The van der Waals surface area contributed by atoms with E-state index in [0.717, 1.165) is 5.56 Å². The van der Waals surface area contributed by atoms with Crippen LogP contribution in [-0.4, -0.2) is 23.0 Å². The summed E-state index contributed by atoms with van der Waals surface area (Å²) in [6.07, 6.45) is -0.935. The number of nitrogens with zero attached hydrogens (tertiary/aromatic N) is 1. The van der Waals surface area contributed by atoms with Crippen molar-refractivity contribution in [2.75, 3.05) is 0 Å². The van der Waals surface area contributed by atoms with Gasteiger partial charge >= 0.3 is 5.97 Å². The number of ether oxygens (including phenoxy) is 1. The number of rotatable bonds is 5. The molecule has 0 unspecified atom stereocenters. The van der Waals surface area contributed by atoms with Gasteiger partial charge in [-0.3, -0.25) is 4.79 Å². The van der Waals surface area contributed by atoms with E-state index in [-0.39, 0.29) is 5.78 Å². The fraction of sp³-hybridized carbons (Fsp3) is 0.0870. The molecule has 144 valence electrons. The van der Waals surface area contributed by atoms with Gasteiger partial charge in [0, 0.05) is 16.1 Å². The number of fused-ring (bicyclic) bond motifs is 1. The molecule has 0 radical (unpaired) electrons. The van der Waals surface area contributed by atoms with Crippen LogP contribution < -0.4 is 0 Å². The average molecular weight is 406 g/mol. The minimum atomic E-state index is -0.935. The lowest BCUT2D eigenvalue weighted by Gasteiger charge is -2.12. The van der Waals surface area contributed by atoms with Crippen LogP contribution in [0.2, 0.25) is 5.02 Å². The van der Waals surface area contributed by atoms with E-state index in [1.54, 1.807) is 49.4 Å². The van der Waals surface area contributed by atoms with Gasteiger partial charge in [-0.05, 0) is 49.4 Å². The zero-order valence-electron chi connectivity index (χ0n) is 15.5. The van der Waals surface area contributed by atoms with E-state index in [1.165, 1.54) is 0 Å². The molecule has 0 bridgehead atoms. The third-order valence-electron chi connectivity index (χ3n) is 4.53. The highest BCUT2D eigenvalue weighted by atomic mass is 35.5. The predicted molar refractivity (Wildman–Crippen MR) is 110 cm³/mol. The van der Waals surface area contributed by atoms with Gasteiger partial charge in [0.25, 0.3) is 0 Å². The second-order valence-electron chi connectivity index (χ2n) is 6.53. The molecule has 4 aromatic rings. The molecule has 0 fully saturated rings. The number of Topliss-reactive ketones (excluding diaryl/α,β-unsaturated/α-hetero) is 1. The Kier molecular flexibility index (Phi) is 5.14. The van der Waals surface area contributed by atoms with Gasteiger partial charge in [-0.2, -0.15) is 0 Å². The molecule has 5 nitrogen and oxygen atoms in total. The molecule has 0 saturated heterocycles. The van der Waals surface area contributed by atoms with Gasteiger partial charge in [0.15, 0.2) is 11.9 Å². The summed E-state index contributed by atoms with van der Waals surface area (Å²) in [6, 6.07) is 20.9. The monoisotopic (exact) mass is 405 g/mol. The summed E-state index contributed by atoms with van der Waals surface area (Å²) in [5, 5.41) is 5.27. The van der Waals surface area contributed by atoms with E-state index < -0.39 is 12.1 Å². The Morgan fingerprint density at radius 1 is 0.966 bits per heavy atom. The van der Waals surface area contributed by atoms with Gasteiger partial charge < -0.3 is 9.26 Å². The summed E-state index contributed by atoms with van der Waals surface area (Å²) >= 11 is 5.85. The molecule has 0 aliphatic carbocycles. The Morgan fingerprint density at radius 3 is 2.38 bits per heavy atom. The Bertz CT molecular complexity index is 1180. The van der Waals surface area contributed by atoms with Crippen molar-refractivity contribution in [1.82, 2.24) is 5.16 Å². The highest BCUT2D eigenvalue weighted by molar-refractivity contribution is 6.30. The van der Waals surface area contributed by atoms with Crippen molar-refractivity contribution in [1.29, 1.82) is 0 Å². The Balaban J connectivity index is 1.57. The molecule has 3 aromatic carbocycles. The molecule has 1 atom stereocenters. The minimum absolute atomic E-state index is 0.300. The molecule has 29 heavy (non-hydrogen) atoms. The van der Waals surface area contributed by atoms with Crippen LogP contribution in [0.15, 0.2) is 77.3 Å². The highest BCUT2D eigenvalue weighted by Gasteiger charge is 2.21. The molecule has 0 amide bonds. The number of esters is 1. The Morgan fingerprint density at radius 2 is 1.66 bits per heavy atom. The van der Waals surface area contributed by atoms with E-state index in [1.807, 2.05) is 30.3 Å². The maximum Gasteiger partial charge on any atom is 0.338 e. The SMILES string of the molecule is C[C@H](OC(=O)c1ccc2noc(-c3ccccc3)c2c1)C(=O)c1ccc(Cl)cc1. The van der Waals surface area contributed by atoms with Crippen molar-refractivity contribution in [2.24, 2.45) is 0 Å². The van der Waals surface area contributed by atoms with Crippen molar-refractivity contribution >= 4 is 34.3 Å². The number of hydrogen-bond acceptors (Lipinski definition) is 5. The molecule has 0 saturated carbocycles. The second-order valence-corrected chi connectivity index (χ2v) is 6.96. The lowest BCUT2D eigenvalue weighted by Crippen LogP contribution is -2.24. The standard InChI is InChI=1S/C23H16ClNO4/c1-14(21(26)15-7-10-18(24)11-8-15)28-23(27)17-9-12-20-19(13-17)22(29-25-20)16-5-3-2-4-6-16/h2-14H,1H3/t14-/m0/s1. The van der Waals surface area contributed by atoms with Crippen molar-refractivity contribution in [3.63, 3.8) is 0 Å². The Labute approximate surface area is 171 Å². The largest absolute Gasteiger partial charge is 0.451 e. The van der Waals surface area contributed by atoms with Gasteiger partial charge in [-0.25, -0.2) is 4.79 Å². The predicted octanol–water partition coefficient (Wildman–Crippen LogP) is 5.58. The molecular weight excluding hydrogens is 390 g/mol. The van der Waals surface area contributed by atoms with Crippen molar-refractivity contribution < 1.29 is 18.8 Å². The van der Waals surface area contributed by atoms with Gasteiger partial charge in [0.05, 0.1) is 10.9 Å². The lowest BCUT2D eigenvalue weighted by molar-refractivity contribution is 0.0319. The van der Waals surface area contributed by atoms with Crippen molar-refractivity contribution in [3.8, 4) is 11.3 Å². The molecule has 0 aliphatic heterocycles. The summed E-state index contributed by atoms with van der Waals surface area (Å²) in [6.45, 7) is 1.54. The normalized spacial score (nSPS) is 11.9.